The second kappa shape index (κ2) is 8.40. The molecule has 1 amide bonds. The molecule has 1 aliphatic heterocycles. The molecule has 0 bridgehead atoms. The van der Waals surface area contributed by atoms with Crippen molar-refractivity contribution < 1.29 is 4.79 Å². The molecule has 0 radical (unpaired) electrons. The van der Waals surface area contributed by atoms with E-state index in [0.717, 1.165) is 31.1 Å². The first-order valence-electron chi connectivity index (χ1n) is 8.64. The molecule has 1 fully saturated rings. The maximum absolute atomic E-state index is 12.3. The average Bonchev–Trinajstić information content (AvgIpc) is 3.15. The minimum Gasteiger partial charge on any atom is -0.355 e. The van der Waals surface area contributed by atoms with Gasteiger partial charge in [-0.05, 0) is 55.3 Å². The lowest BCUT2D eigenvalue weighted by Crippen LogP contribution is -2.41. The maximum Gasteiger partial charge on any atom is 0.228 e. The van der Waals surface area contributed by atoms with Gasteiger partial charge in [0.25, 0.3) is 0 Å². The zero-order valence-electron chi connectivity index (χ0n) is 14.1. The number of hydrogen-bond acceptors (Lipinski definition) is 4. The van der Waals surface area contributed by atoms with Gasteiger partial charge < -0.3 is 5.32 Å². The van der Waals surface area contributed by atoms with Gasteiger partial charge >= 0.3 is 0 Å². The van der Waals surface area contributed by atoms with Crippen molar-refractivity contribution in [3.63, 3.8) is 0 Å². The standard InChI is InChI=1S/C19H25N3OS/c1-15(18-7-4-10-24-18)19(23)21-12-17-6-3-9-22(14-17)13-16-5-2-8-20-11-16/h2,4-5,7-8,10-11,15,17H,3,6,9,12-14H2,1H3,(H,21,23)/t15-,17+/m1/s1. The Morgan fingerprint density at radius 1 is 1.46 bits per heavy atom. The highest BCUT2D eigenvalue weighted by Crippen LogP contribution is 2.22. The van der Waals surface area contributed by atoms with Crippen LogP contribution in [-0.2, 0) is 11.3 Å². The van der Waals surface area contributed by atoms with Crippen molar-refractivity contribution in [1.82, 2.24) is 15.2 Å². The van der Waals surface area contributed by atoms with Gasteiger partial charge in [-0.15, -0.1) is 11.3 Å². The normalized spacial score (nSPS) is 19.8. The number of amides is 1. The number of aromatic nitrogens is 1. The summed E-state index contributed by atoms with van der Waals surface area (Å²) >= 11 is 1.65. The molecular formula is C19H25N3OS. The number of nitrogens with one attached hydrogen (secondary N) is 1. The van der Waals surface area contributed by atoms with Crippen LogP contribution >= 0.6 is 11.3 Å². The van der Waals surface area contributed by atoms with Gasteiger partial charge in [0.1, 0.15) is 0 Å². The van der Waals surface area contributed by atoms with Crippen LogP contribution in [0.1, 0.15) is 36.1 Å². The van der Waals surface area contributed by atoms with Crippen LogP contribution in [0.4, 0.5) is 0 Å². The molecule has 2 aromatic rings. The highest BCUT2D eigenvalue weighted by Gasteiger charge is 2.22. The largest absolute Gasteiger partial charge is 0.355 e. The number of carbonyl (C=O) groups excluding carboxylic acids is 1. The summed E-state index contributed by atoms with van der Waals surface area (Å²) in [4.78, 5) is 20.1. The first kappa shape index (κ1) is 17.1. The van der Waals surface area contributed by atoms with Crippen molar-refractivity contribution in [3.8, 4) is 0 Å². The maximum atomic E-state index is 12.3. The van der Waals surface area contributed by atoms with Crippen molar-refractivity contribution >= 4 is 17.2 Å². The van der Waals surface area contributed by atoms with Crippen molar-refractivity contribution in [2.45, 2.75) is 32.2 Å². The van der Waals surface area contributed by atoms with Crippen LogP contribution in [0.3, 0.4) is 0 Å². The van der Waals surface area contributed by atoms with E-state index in [1.54, 1.807) is 11.3 Å². The number of nitrogens with zero attached hydrogens (tertiary/aromatic N) is 2. The molecule has 24 heavy (non-hydrogen) atoms. The molecule has 3 rings (SSSR count). The molecule has 1 saturated heterocycles. The third-order valence-electron chi connectivity index (χ3n) is 4.66. The summed E-state index contributed by atoms with van der Waals surface area (Å²) in [7, 11) is 0. The van der Waals surface area contributed by atoms with Crippen molar-refractivity contribution in [3.05, 3.63) is 52.5 Å². The lowest BCUT2D eigenvalue weighted by Gasteiger charge is -2.33. The Hall–Kier alpha value is -1.72. The zero-order valence-corrected chi connectivity index (χ0v) is 15.0. The number of likely N-dealkylation sites (tertiary alicyclic amines) is 1. The molecule has 5 heteroatoms. The van der Waals surface area contributed by atoms with Crippen LogP contribution in [0.2, 0.25) is 0 Å². The van der Waals surface area contributed by atoms with Gasteiger partial charge in [0.05, 0.1) is 5.92 Å². The molecule has 3 heterocycles. The predicted molar refractivity (Wildman–Crippen MR) is 98.0 cm³/mol. The fourth-order valence-electron chi connectivity index (χ4n) is 3.28. The molecule has 128 valence electrons. The fourth-order valence-corrected chi connectivity index (χ4v) is 4.06. The van der Waals surface area contributed by atoms with Gasteiger partial charge in [-0.2, -0.15) is 0 Å². The molecule has 4 nitrogen and oxygen atoms in total. The van der Waals surface area contributed by atoms with Crippen LogP contribution in [-0.4, -0.2) is 35.4 Å². The monoisotopic (exact) mass is 343 g/mol. The van der Waals surface area contributed by atoms with Gasteiger partial charge in [0, 0.05) is 36.9 Å². The van der Waals surface area contributed by atoms with E-state index >= 15 is 0 Å². The molecule has 0 saturated carbocycles. The van der Waals surface area contributed by atoms with E-state index in [4.69, 9.17) is 0 Å². The second-order valence-corrected chi connectivity index (χ2v) is 7.57. The van der Waals surface area contributed by atoms with Crippen LogP contribution in [0.5, 0.6) is 0 Å². The molecule has 0 aliphatic carbocycles. The molecule has 0 aromatic carbocycles. The van der Waals surface area contributed by atoms with Crippen LogP contribution < -0.4 is 5.32 Å². The summed E-state index contributed by atoms with van der Waals surface area (Å²) < 4.78 is 0. The van der Waals surface area contributed by atoms with E-state index in [-0.39, 0.29) is 11.8 Å². The van der Waals surface area contributed by atoms with E-state index in [2.05, 4.69) is 21.3 Å². The lowest BCUT2D eigenvalue weighted by molar-refractivity contribution is -0.122. The van der Waals surface area contributed by atoms with E-state index < -0.39 is 0 Å². The number of pyridine rings is 1. The van der Waals surface area contributed by atoms with Gasteiger partial charge in [-0.3, -0.25) is 14.7 Å². The summed E-state index contributed by atoms with van der Waals surface area (Å²) in [5.74, 6) is 0.622. The Bertz CT molecular complexity index is 629. The Kier molecular flexibility index (Phi) is 5.99. The smallest absolute Gasteiger partial charge is 0.228 e. The van der Waals surface area contributed by atoms with E-state index in [9.17, 15) is 4.79 Å². The molecule has 0 spiro atoms. The molecule has 2 atom stereocenters. The van der Waals surface area contributed by atoms with Gasteiger partial charge in [-0.1, -0.05) is 12.1 Å². The third kappa shape index (κ3) is 4.65. The Morgan fingerprint density at radius 3 is 3.12 bits per heavy atom. The number of carbonyl (C=O) groups is 1. The topological polar surface area (TPSA) is 45.2 Å². The van der Waals surface area contributed by atoms with E-state index in [0.29, 0.717) is 5.92 Å². The molecular weight excluding hydrogens is 318 g/mol. The lowest BCUT2D eigenvalue weighted by atomic mass is 9.97. The molecule has 1 aliphatic rings. The van der Waals surface area contributed by atoms with E-state index in [1.165, 1.54) is 18.4 Å². The SMILES string of the molecule is C[C@@H](C(=O)NC[C@@H]1CCCN(Cc2cccnc2)C1)c1cccs1. The summed E-state index contributed by atoms with van der Waals surface area (Å²) in [5, 5.41) is 5.18. The minimum atomic E-state index is -0.0555. The fraction of sp³-hybridized carbons (Fsp3) is 0.474. The third-order valence-corrected chi connectivity index (χ3v) is 5.72. The highest BCUT2D eigenvalue weighted by molar-refractivity contribution is 7.10. The number of piperidine rings is 1. The second-order valence-electron chi connectivity index (χ2n) is 6.59. The zero-order chi connectivity index (χ0) is 16.8. The summed E-state index contributed by atoms with van der Waals surface area (Å²) in [6.07, 6.45) is 6.14. The van der Waals surface area contributed by atoms with Crippen LogP contribution in [0.15, 0.2) is 42.0 Å². The summed E-state index contributed by atoms with van der Waals surface area (Å²) in [6.45, 7) is 5.88. The quantitative estimate of drug-likeness (QED) is 0.875. The minimum absolute atomic E-state index is 0.0555. The Balaban J connectivity index is 1.46. The highest BCUT2D eigenvalue weighted by atomic mass is 32.1. The van der Waals surface area contributed by atoms with Crippen LogP contribution in [0.25, 0.3) is 0 Å². The Morgan fingerprint density at radius 2 is 2.38 bits per heavy atom. The number of thiophene rings is 1. The first-order chi connectivity index (χ1) is 11.7. The Labute approximate surface area is 147 Å². The average molecular weight is 343 g/mol. The van der Waals surface area contributed by atoms with E-state index in [1.807, 2.05) is 42.9 Å². The van der Waals surface area contributed by atoms with Gasteiger partial charge in [0.15, 0.2) is 0 Å². The molecule has 0 unspecified atom stereocenters. The predicted octanol–water partition coefficient (Wildman–Crippen LogP) is 3.28. The van der Waals surface area contributed by atoms with Crippen molar-refractivity contribution in [2.75, 3.05) is 19.6 Å². The van der Waals surface area contributed by atoms with Gasteiger partial charge in [0.2, 0.25) is 5.91 Å². The summed E-state index contributed by atoms with van der Waals surface area (Å²) in [6, 6.07) is 8.15. The number of hydrogen-bond donors (Lipinski definition) is 1. The first-order valence-corrected chi connectivity index (χ1v) is 9.52. The van der Waals surface area contributed by atoms with Crippen molar-refractivity contribution in [1.29, 1.82) is 0 Å². The summed E-state index contributed by atoms with van der Waals surface area (Å²) in [5.41, 5.74) is 1.26. The van der Waals surface area contributed by atoms with Gasteiger partial charge in [-0.25, -0.2) is 0 Å². The van der Waals surface area contributed by atoms with Crippen LogP contribution in [0, 0.1) is 5.92 Å². The molecule has 2 aromatic heterocycles. The number of rotatable bonds is 6. The van der Waals surface area contributed by atoms with Crippen molar-refractivity contribution in [2.24, 2.45) is 5.92 Å². The molecule has 1 N–H and O–H groups in total.